The summed E-state index contributed by atoms with van der Waals surface area (Å²) in [5, 5.41) is 5.75. The molecule has 1 fully saturated rings. The largest absolute Gasteiger partial charge is 0.336 e. The van der Waals surface area contributed by atoms with Crippen LogP contribution in [0.5, 0.6) is 0 Å². The zero-order valence-corrected chi connectivity index (χ0v) is 14.5. The quantitative estimate of drug-likeness (QED) is 0.833. The molecule has 6 nitrogen and oxygen atoms in total. The maximum atomic E-state index is 12.3. The highest BCUT2D eigenvalue weighted by molar-refractivity contribution is 5.96. The van der Waals surface area contributed by atoms with Crippen LogP contribution in [0.4, 0.5) is 10.5 Å². The minimum atomic E-state index is -0.0967. The second kappa shape index (κ2) is 7.95. The highest BCUT2D eigenvalue weighted by Gasteiger charge is 2.27. The molecule has 0 unspecified atom stereocenters. The summed E-state index contributed by atoms with van der Waals surface area (Å²) >= 11 is 0. The summed E-state index contributed by atoms with van der Waals surface area (Å²) < 4.78 is 0. The smallest absolute Gasteiger partial charge is 0.317 e. The third kappa shape index (κ3) is 4.81. The first kappa shape index (κ1) is 18.0. The molecule has 3 amide bonds. The normalized spacial score (nSPS) is 15.2. The summed E-state index contributed by atoms with van der Waals surface area (Å²) in [5.41, 5.74) is 1.31. The summed E-state index contributed by atoms with van der Waals surface area (Å²) in [6.07, 6.45) is 1.31. The minimum absolute atomic E-state index is 0.0000716. The van der Waals surface area contributed by atoms with Crippen molar-refractivity contribution in [2.75, 3.05) is 18.4 Å². The van der Waals surface area contributed by atoms with E-state index in [2.05, 4.69) is 10.6 Å². The highest BCUT2D eigenvalue weighted by Crippen LogP contribution is 2.20. The van der Waals surface area contributed by atoms with Crippen LogP contribution in [0.1, 0.15) is 44.0 Å². The van der Waals surface area contributed by atoms with E-state index < -0.39 is 0 Å². The number of anilines is 1. The lowest BCUT2D eigenvalue weighted by atomic mass is 9.96. The number of amides is 3. The molecular weight excluding hydrogens is 306 g/mol. The highest BCUT2D eigenvalue weighted by atomic mass is 16.2. The molecular formula is C18H25N3O3. The Hall–Kier alpha value is -2.37. The molecule has 130 valence electrons. The fraction of sp³-hybridized carbons (Fsp3) is 0.500. The van der Waals surface area contributed by atoms with Crippen LogP contribution in [-0.4, -0.2) is 41.8 Å². The number of urea groups is 1. The lowest BCUT2D eigenvalue weighted by Gasteiger charge is -2.32. The van der Waals surface area contributed by atoms with Crippen LogP contribution in [0.2, 0.25) is 0 Å². The summed E-state index contributed by atoms with van der Waals surface area (Å²) in [6.45, 7) is 6.53. The Morgan fingerprint density at radius 1 is 1.08 bits per heavy atom. The lowest BCUT2D eigenvalue weighted by Crippen LogP contribution is -2.47. The number of nitrogens with zero attached hydrogens (tertiary/aromatic N) is 1. The molecule has 0 spiro atoms. The van der Waals surface area contributed by atoms with Crippen LogP contribution < -0.4 is 10.6 Å². The van der Waals surface area contributed by atoms with Crippen molar-refractivity contribution >= 4 is 23.4 Å². The molecule has 1 heterocycles. The van der Waals surface area contributed by atoms with Gasteiger partial charge >= 0.3 is 6.03 Å². The van der Waals surface area contributed by atoms with Crippen molar-refractivity contribution in [3.63, 3.8) is 0 Å². The number of nitrogens with one attached hydrogen (secondary N) is 2. The van der Waals surface area contributed by atoms with Crippen LogP contribution in [0.25, 0.3) is 0 Å². The fourth-order valence-corrected chi connectivity index (χ4v) is 2.72. The van der Waals surface area contributed by atoms with Gasteiger partial charge in [0.1, 0.15) is 0 Å². The zero-order chi connectivity index (χ0) is 17.7. The fourth-order valence-electron chi connectivity index (χ4n) is 2.72. The molecule has 1 aromatic carbocycles. The predicted molar refractivity (Wildman–Crippen MR) is 93.0 cm³/mol. The predicted octanol–water partition coefficient (Wildman–Crippen LogP) is 2.66. The standard InChI is InChI=1S/C18H25N3O3/c1-12(2)19-18(24)21-10-8-15(9-11-21)17(23)20-16-6-4-14(5-7-16)13(3)22/h4-7,12,15H,8-11H2,1-3H3,(H,19,24)(H,20,23). The number of carbonyl (C=O) groups is 3. The van der Waals surface area contributed by atoms with Crippen molar-refractivity contribution in [1.82, 2.24) is 10.2 Å². The summed E-state index contributed by atoms with van der Waals surface area (Å²) in [5.74, 6) is -0.130. The lowest BCUT2D eigenvalue weighted by molar-refractivity contribution is -0.121. The van der Waals surface area contributed by atoms with Gasteiger partial charge in [0.15, 0.2) is 5.78 Å². The Bertz CT molecular complexity index is 602. The number of carbonyl (C=O) groups excluding carboxylic acids is 3. The molecule has 0 radical (unpaired) electrons. The van der Waals surface area contributed by atoms with Gasteiger partial charge < -0.3 is 15.5 Å². The average molecular weight is 331 g/mol. The van der Waals surface area contributed by atoms with Crippen LogP contribution in [0.3, 0.4) is 0 Å². The number of hydrogen-bond donors (Lipinski definition) is 2. The van der Waals surface area contributed by atoms with Gasteiger partial charge in [-0.25, -0.2) is 4.79 Å². The van der Waals surface area contributed by atoms with E-state index in [1.807, 2.05) is 13.8 Å². The number of ketones is 1. The maximum Gasteiger partial charge on any atom is 0.317 e. The molecule has 0 aliphatic carbocycles. The van der Waals surface area contributed by atoms with Gasteiger partial charge in [0.05, 0.1) is 0 Å². The van der Waals surface area contributed by atoms with Gasteiger partial charge in [0.2, 0.25) is 5.91 Å². The Morgan fingerprint density at radius 3 is 2.17 bits per heavy atom. The van der Waals surface area contributed by atoms with Gasteiger partial charge in [-0.1, -0.05) is 0 Å². The van der Waals surface area contributed by atoms with E-state index in [0.29, 0.717) is 37.2 Å². The number of piperidine rings is 1. The third-order valence-corrected chi connectivity index (χ3v) is 4.12. The summed E-state index contributed by atoms with van der Waals surface area (Å²) in [6, 6.07) is 6.92. The molecule has 0 aromatic heterocycles. The van der Waals surface area contributed by atoms with Crippen molar-refractivity contribution in [2.45, 2.75) is 39.7 Å². The minimum Gasteiger partial charge on any atom is -0.336 e. The number of benzene rings is 1. The molecule has 2 rings (SSSR count). The first-order chi connectivity index (χ1) is 11.4. The van der Waals surface area contributed by atoms with E-state index in [1.165, 1.54) is 6.92 Å². The van der Waals surface area contributed by atoms with Crippen LogP contribution >= 0.6 is 0 Å². The number of likely N-dealkylation sites (tertiary alicyclic amines) is 1. The Morgan fingerprint density at radius 2 is 1.67 bits per heavy atom. The van der Waals surface area contributed by atoms with E-state index in [4.69, 9.17) is 0 Å². The van der Waals surface area contributed by atoms with Crippen molar-refractivity contribution in [1.29, 1.82) is 0 Å². The van der Waals surface area contributed by atoms with Gasteiger partial charge in [-0.2, -0.15) is 0 Å². The topological polar surface area (TPSA) is 78.5 Å². The first-order valence-electron chi connectivity index (χ1n) is 8.34. The van der Waals surface area contributed by atoms with Crippen molar-refractivity contribution in [3.8, 4) is 0 Å². The molecule has 24 heavy (non-hydrogen) atoms. The molecule has 2 N–H and O–H groups in total. The van der Waals surface area contributed by atoms with E-state index in [0.717, 1.165) is 0 Å². The SMILES string of the molecule is CC(=O)c1ccc(NC(=O)C2CCN(C(=O)NC(C)C)CC2)cc1. The van der Waals surface area contributed by atoms with Crippen molar-refractivity contribution in [2.24, 2.45) is 5.92 Å². The average Bonchev–Trinajstić information content (AvgIpc) is 2.54. The van der Waals surface area contributed by atoms with Gasteiger partial charge in [0, 0.05) is 36.3 Å². The van der Waals surface area contributed by atoms with Gasteiger partial charge in [0.25, 0.3) is 0 Å². The Balaban J connectivity index is 1.84. The molecule has 6 heteroatoms. The molecule has 0 bridgehead atoms. The Labute approximate surface area is 142 Å². The third-order valence-electron chi connectivity index (χ3n) is 4.12. The molecule has 1 saturated heterocycles. The summed E-state index contributed by atoms with van der Waals surface area (Å²) in [7, 11) is 0. The molecule has 1 aromatic rings. The maximum absolute atomic E-state index is 12.3. The van der Waals surface area contributed by atoms with Crippen molar-refractivity contribution in [3.05, 3.63) is 29.8 Å². The van der Waals surface area contributed by atoms with Gasteiger partial charge in [-0.15, -0.1) is 0 Å². The van der Waals surface area contributed by atoms with Crippen LogP contribution in [0, 0.1) is 5.92 Å². The second-order valence-electron chi connectivity index (χ2n) is 6.49. The summed E-state index contributed by atoms with van der Waals surface area (Å²) in [4.78, 5) is 37.3. The Kier molecular flexibility index (Phi) is 5.95. The molecule has 1 aliphatic rings. The van der Waals surface area contributed by atoms with E-state index in [9.17, 15) is 14.4 Å². The van der Waals surface area contributed by atoms with E-state index in [-0.39, 0.29) is 29.7 Å². The van der Waals surface area contributed by atoms with Gasteiger partial charge in [-0.05, 0) is 57.9 Å². The van der Waals surface area contributed by atoms with Crippen LogP contribution in [-0.2, 0) is 4.79 Å². The number of hydrogen-bond acceptors (Lipinski definition) is 3. The first-order valence-corrected chi connectivity index (χ1v) is 8.34. The van der Waals surface area contributed by atoms with Crippen LogP contribution in [0.15, 0.2) is 24.3 Å². The zero-order valence-electron chi connectivity index (χ0n) is 14.5. The molecule has 1 aliphatic heterocycles. The number of Topliss-reactive ketones (excluding diaryl/α,β-unsaturated/α-hetero) is 1. The van der Waals surface area contributed by atoms with E-state index in [1.54, 1.807) is 29.2 Å². The second-order valence-corrected chi connectivity index (χ2v) is 6.49. The van der Waals surface area contributed by atoms with Gasteiger partial charge in [-0.3, -0.25) is 9.59 Å². The van der Waals surface area contributed by atoms with E-state index >= 15 is 0 Å². The molecule has 0 atom stereocenters. The van der Waals surface area contributed by atoms with Crippen molar-refractivity contribution < 1.29 is 14.4 Å². The number of rotatable bonds is 4. The molecule has 0 saturated carbocycles. The monoisotopic (exact) mass is 331 g/mol.